The molecule has 1 aromatic heterocycles. The maximum atomic E-state index is 12.7. The van der Waals surface area contributed by atoms with E-state index in [1.807, 2.05) is 24.8 Å². The Bertz CT molecular complexity index is 863. The average molecular weight is 365 g/mol. The van der Waals surface area contributed by atoms with Gasteiger partial charge in [0.05, 0.1) is 24.9 Å². The molecule has 0 aliphatic carbocycles. The summed E-state index contributed by atoms with van der Waals surface area (Å²) in [5.41, 5.74) is 5.40. The summed E-state index contributed by atoms with van der Waals surface area (Å²) in [7, 11) is 1.66. The third-order valence-electron chi connectivity index (χ3n) is 5.60. The second kappa shape index (κ2) is 7.31. The molecule has 0 unspecified atom stereocenters. The lowest BCUT2D eigenvalue weighted by atomic mass is 10.0. The minimum atomic E-state index is 0.0811. The van der Waals surface area contributed by atoms with Crippen LogP contribution in [0.2, 0.25) is 0 Å². The van der Waals surface area contributed by atoms with Crippen LogP contribution in [0.15, 0.2) is 30.3 Å². The number of fused-ring (bicyclic) bond motifs is 2. The molecule has 1 aromatic carbocycles. The molecule has 5 heteroatoms. The summed E-state index contributed by atoms with van der Waals surface area (Å²) in [5, 5.41) is 0. The largest absolute Gasteiger partial charge is 0.481 e. The molecule has 0 saturated heterocycles. The standard InChI is InChI=1S/C22H27N3O2/c1-15(2)25-14-20-19(22(25)26)11-18(21(23-20)27-3)13-24-10-6-9-16-7-4-5-8-17(16)12-24/h4-5,7-8,11,15H,6,9-10,12-14H2,1-3H3. The molecule has 0 spiro atoms. The van der Waals surface area contributed by atoms with Crippen molar-refractivity contribution in [3.63, 3.8) is 0 Å². The first-order valence-corrected chi connectivity index (χ1v) is 9.73. The Hall–Kier alpha value is -2.40. The summed E-state index contributed by atoms with van der Waals surface area (Å²) in [5.74, 6) is 0.724. The number of pyridine rings is 1. The van der Waals surface area contributed by atoms with E-state index >= 15 is 0 Å². The number of hydrogen-bond acceptors (Lipinski definition) is 4. The van der Waals surface area contributed by atoms with Crippen molar-refractivity contribution in [2.45, 2.75) is 52.4 Å². The number of amides is 1. The van der Waals surface area contributed by atoms with Crippen molar-refractivity contribution >= 4 is 5.91 Å². The van der Waals surface area contributed by atoms with E-state index in [0.717, 1.165) is 49.3 Å². The number of aromatic nitrogens is 1. The van der Waals surface area contributed by atoms with E-state index in [9.17, 15) is 4.79 Å². The van der Waals surface area contributed by atoms with Gasteiger partial charge < -0.3 is 9.64 Å². The van der Waals surface area contributed by atoms with Crippen LogP contribution in [0.5, 0.6) is 5.88 Å². The summed E-state index contributed by atoms with van der Waals surface area (Å²) in [6.07, 6.45) is 2.26. The van der Waals surface area contributed by atoms with Crippen LogP contribution in [0.1, 0.15) is 53.0 Å². The molecule has 4 rings (SSSR count). The van der Waals surface area contributed by atoms with E-state index in [-0.39, 0.29) is 11.9 Å². The molecule has 0 saturated carbocycles. The minimum absolute atomic E-state index is 0.0811. The number of hydrogen-bond donors (Lipinski definition) is 0. The highest BCUT2D eigenvalue weighted by molar-refractivity contribution is 5.98. The smallest absolute Gasteiger partial charge is 0.256 e. The first kappa shape index (κ1) is 18.0. The molecule has 3 heterocycles. The Labute approximate surface area is 161 Å². The SMILES string of the molecule is COc1nc2c(cc1CN1CCCc3ccccc3C1)C(=O)N(C(C)C)C2. The Balaban J connectivity index is 1.60. The van der Waals surface area contributed by atoms with Crippen molar-refractivity contribution < 1.29 is 9.53 Å². The van der Waals surface area contributed by atoms with E-state index in [2.05, 4.69) is 34.1 Å². The van der Waals surface area contributed by atoms with Crippen LogP contribution in [-0.2, 0) is 26.1 Å². The molecule has 5 nitrogen and oxygen atoms in total. The predicted molar refractivity (Wildman–Crippen MR) is 105 cm³/mol. The molecule has 1 amide bonds. The van der Waals surface area contributed by atoms with E-state index in [1.54, 1.807) is 7.11 Å². The monoisotopic (exact) mass is 365 g/mol. The van der Waals surface area contributed by atoms with Gasteiger partial charge in [-0.15, -0.1) is 0 Å². The van der Waals surface area contributed by atoms with Gasteiger partial charge in [0.25, 0.3) is 5.91 Å². The van der Waals surface area contributed by atoms with Crippen LogP contribution in [0.25, 0.3) is 0 Å². The molecular formula is C22H27N3O2. The third-order valence-corrected chi connectivity index (χ3v) is 5.60. The van der Waals surface area contributed by atoms with Crippen molar-refractivity contribution in [1.82, 2.24) is 14.8 Å². The van der Waals surface area contributed by atoms with Crippen LogP contribution >= 0.6 is 0 Å². The van der Waals surface area contributed by atoms with E-state index in [0.29, 0.717) is 12.4 Å². The lowest BCUT2D eigenvalue weighted by Gasteiger charge is -2.21. The van der Waals surface area contributed by atoms with E-state index in [4.69, 9.17) is 4.74 Å². The van der Waals surface area contributed by atoms with Crippen LogP contribution in [0.3, 0.4) is 0 Å². The Morgan fingerprint density at radius 3 is 2.70 bits per heavy atom. The van der Waals surface area contributed by atoms with Crippen molar-refractivity contribution in [3.05, 3.63) is 58.3 Å². The molecular weight excluding hydrogens is 338 g/mol. The number of carbonyl (C=O) groups excluding carboxylic acids is 1. The molecule has 0 bridgehead atoms. The number of ether oxygens (including phenoxy) is 1. The molecule has 0 atom stereocenters. The molecule has 0 fully saturated rings. The summed E-state index contributed by atoms with van der Waals surface area (Å²) in [6, 6.07) is 10.9. The predicted octanol–water partition coefficient (Wildman–Crippen LogP) is 3.40. The van der Waals surface area contributed by atoms with Gasteiger partial charge in [-0.2, -0.15) is 0 Å². The molecule has 2 aliphatic rings. The first-order chi connectivity index (χ1) is 13.1. The minimum Gasteiger partial charge on any atom is -0.481 e. The number of carbonyl (C=O) groups is 1. The highest BCUT2D eigenvalue weighted by Crippen LogP contribution is 2.30. The van der Waals surface area contributed by atoms with Crippen molar-refractivity contribution in [1.29, 1.82) is 0 Å². The lowest BCUT2D eigenvalue weighted by molar-refractivity contribution is 0.0730. The number of nitrogens with zero attached hydrogens (tertiary/aromatic N) is 3. The topological polar surface area (TPSA) is 45.7 Å². The van der Waals surface area contributed by atoms with Crippen LogP contribution in [-0.4, -0.2) is 40.4 Å². The summed E-state index contributed by atoms with van der Waals surface area (Å²) >= 11 is 0. The Morgan fingerprint density at radius 1 is 1.19 bits per heavy atom. The van der Waals surface area contributed by atoms with Gasteiger partial charge in [-0.1, -0.05) is 24.3 Å². The Kier molecular flexibility index (Phi) is 4.87. The third kappa shape index (κ3) is 3.44. The highest BCUT2D eigenvalue weighted by Gasteiger charge is 2.32. The van der Waals surface area contributed by atoms with Gasteiger partial charge in [-0.25, -0.2) is 4.98 Å². The zero-order chi connectivity index (χ0) is 19.0. The van der Waals surface area contributed by atoms with Gasteiger partial charge in [0.15, 0.2) is 0 Å². The van der Waals surface area contributed by atoms with Crippen LogP contribution in [0.4, 0.5) is 0 Å². The lowest BCUT2D eigenvalue weighted by Crippen LogP contribution is -2.30. The van der Waals surface area contributed by atoms with Gasteiger partial charge >= 0.3 is 0 Å². The van der Waals surface area contributed by atoms with Crippen molar-refractivity contribution in [3.8, 4) is 5.88 Å². The van der Waals surface area contributed by atoms with Crippen LogP contribution in [0, 0.1) is 0 Å². The van der Waals surface area contributed by atoms with Gasteiger partial charge in [0.2, 0.25) is 5.88 Å². The maximum absolute atomic E-state index is 12.7. The van der Waals surface area contributed by atoms with E-state index < -0.39 is 0 Å². The summed E-state index contributed by atoms with van der Waals surface area (Å²) < 4.78 is 5.58. The molecule has 2 aliphatic heterocycles. The number of methoxy groups -OCH3 is 1. The second-order valence-electron chi connectivity index (χ2n) is 7.76. The molecule has 142 valence electrons. The zero-order valence-corrected chi connectivity index (χ0v) is 16.4. The second-order valence-corrected chi connectivity index (χ2v) is 7.76. The van der Waals surface area contributed by atoms with Crippen molar-refractivity contribution in [2.24, 2.45) is 0 Å². The number of benzene rings is 1. The number of aryl methyl sites for hydroxylation is 1. The molecule has 0 radical (unpaired) electrons. The fourth-order valence-corrected chi connectivity index (χ4v) is 4.12. The van der Waals surface area contributed by atoms with Gasteiger partial charge in [0.1, 0.15) is 0 Å². The summed E-state index contributed by atoms with van der Waals surface area (Å²) in [6.45, 7) is 7.34. The average Bonchev–Trinajstić information content (AvgIpc) is 2.85. The first-order valence-electron chi connectivity index (χ1n) is 9.73. The van der Waals surface area contributed by atoms with Gasteiger partial charge in [0, 0.05) is 24.7 Å². The van der Waals surface area contributed by atoms with E-state index in [1.165, 1.54) is 11.1 Å². The van der Waals surface area contributed by atoms with Crippen LogP contribution < -0.4 is 4.74 Å². The fourth-order valence-electron chi connectivity index (χ4n) is 4.12. The summed E-state index contributed by atoms with van der Waals surface area (Å²) in [4.78, 5) is 21.7. The molecule has 0 N–H and O–H groups in total. The quantitative estimate of drug-likeness (QED) is 0.833. The number of rotatable bonds is 4. The molecule has 2 aromatic rings. The van der Waals surface area contributed by atoms with Crippen molar-refractivity contribution in [2.75, 3.05) is 13.7 Å². The van der Waals surface area contributed by atoms with Gasteiger partial charge in [-0.05, 0) is 50.4 Å². The Morgan fingerprint density at radius 2 is 1.96 bits per heavy atom. The normalized spacial score (nSPS) is 17.0. The zero-order valence-electron chi connectivity index (χ0n) is 16.4. The maximum Gasteiger partial charge on any atom is 0.256 e. The molecule has 27 heavy (non-hydrogen) atoms. The highest BCUT2D eigenvalue weighted by atomic mass is 16.5. The van der Waals surface area contributed by atoms with Gasteiger partial charge in [-0.3, -0.25) is 9.69 Å². The fraction of sp³-hybridized carbons (Fsp3) is 0.455.